The molecule has 2 unspecified atom stereocenters. The summed E-state index contributed by atoms with van der Waals surface area (Å²) in [6.45, 7) is 2.18. The van der Waals surface area contributed by atoms with Gasteiger partial charge in [-0.25, -0.2) is 9.97 Å². The predicted octanol–water partition coefficient (Wildman–Crippen LogP) is 5.75. The zero-order chi connectivity index (χ0) is 38.1. The number of ether oxygens (including phenoxy) is 1. The highest BCUT2D eigenvalue weighted by molar-refractivity contribution is 6.36. The minimum atomic E-state index is -0.136. The molecule has 11 nitrogen and oxygen atoms in total. The molecule has 8 rings (SSSR count). The molecule has 3 aliphatic rings. The number of amides is 2. The first-order valence-electron chi connectivity index (χ1n) is 18.9. The maximum Gasteiger partial charge on any atom is 0.262 e. The van der Waals surface area contributed by atoms with Gasteiger partial charge in [-0.05, 0) is 78.5 Å². The molecular formula is C42H43Cl2N7O4. The van der Waals surface area contributed by atoms with Crippen LogP contribution in [0.3, 0.4) is 0 Å². The van der Waals surface area contributed by atoms with Crippen LogP contribution in [0.2, 0.25) is 10.0 Å². The fourth-order valence-electron chi connectivity index (χ4n) is 8.22. The number of pyridine rings is 2. The van der Waals surface area contributed by atoms with E-state index in [1.807, 2.05) is 30.3 Å². The SMILES string of the molecule is COc1nc(C[C@H]2CCc3c(-c4cccc(-c5ccn6c(=O)c(CNCC7CCC(=O)N7)cnc6c5)c4Cl)cccc32)c(Cl)cc1CNCC1CCC(=O)N1. The van der Waals surface area contributed by atoms with Crippen LogP contribution >= 0.6 is 23.2 Å². The monoisotopic (exact) mass is 779 g/mol. The van der Waals surface area contributed by atoms with Gasteiger partial charge in [0.2, 0.25) is 17.7 Å². The summed E-state index contributed by atoms with van der Waals surface area (Å²) in [6.07, 6.45) is 8.66. The van der Waals surface area contributed by atoms with Crippen LogP contribution in [0.1, 0.15) is 66.0 Å². The standard InChI is InChI=1S/C42H43Cl2N7O4/c1-55-41-26(19-45-22-28-9-12-38(52)48-28)16-35(43)36(50-41)17-24-8-11-33-30(24)4-2-6-32(33)34-7-3-5-31(40(34)44)25-14-15-51-37(18-25)47-21-27(42(51)54)20-46-23-29-10-13-39(53)49-29/h2-7,14-16,18,21,24,28-29,45-46H,8-13,17,19-20,22-23H2,1H3,(H,48,52)(H,49,53)/t24-,28?,29?/m1/s1. The van der Waals surface area contributed by atoms with Crippen LogP contribution < -0.4 is 31.6 Å². The van der Waals surface area contributed by atoms with Crippen molar-refractivity contribution < 1.29 is 14.3 Å². The van der Waals surface area contributed by atoms with Crippen molar-refractivity contribution in [1.29, 1.82) is 0 Å². The highest BCUT2D eigenvalue weighted by Gasteiger charge is 2.28. The van der Waals surface area contributed by atoms with Crippen molar-refractivity contribution in [3.8, 4) is 28.1 Å². The summed E-state index contributed by atoms with van der Waals surface area (Å²) in [5.74, 6) is 0.953. The van der Waals surface area contributed by atoms with Gasteiger partial charge >= 0.3 is 0 Å². The number of nitrogens with one attached hydrogen (secondary N) is 4. The summed E-state index contributed by atoms with van der Waals surface area (Å²) < 4.78 is 7.25. The average molecular weight is 781 g/mol. The highest BCUT2D eigenvalue weighted by atomic mass is 35.5. The smallest absolute Gasteiger partial charge is 0.262 e. The number of aromatic nitrogens is 3. The van der Waals surface area contributed by atoms with E-state index in [9.17, 15) is 14.4 Å². The molecule has 3 atom stereocenters. The Morgan fingerprint density at radius 3 is 2.24 bits per heavy atom. The van der Waals surface area contributed by atoms with Crippen molar-refractivity contribution in [1.82, 2.24) is 35.6 Å². The Labute approximate surface area is 329 Å². The van der Waals surface area contributed by atoms with Gasteiger partial charge in [-0.3, -0.25) is 18.8 Å². The van der Waals surface area contributed by atoms with Gasteiger partial charge in [-0.15, -0.1) is 0 Å². The molecular weight excluding hydrogens is 737 g/mol. The average Bonchev–Trinajstić information content (AvgIpc) is 3.93. The number of carbonyl (C=O) groups excluding carboxylic acids is 2. The van der Waals surface area contributed by atoms with Crippen molar-refractivity contribution in [3.05, 3.63) is 115 Å². The Kier molecular flexibility index (Phi) is 10.9. The first-order chi connectivity index (χ1) is 26.7. The maximum absolute atomic E-state index is 13.3. The lowest BCUT2D eigenvalue weighted by molar-refractivity contribution is -0.120. The molecule has 2 fully saturated rings. The van der Waals surface area contributed by atoms with Crippen molar-refractivity contribution in [2.75, 3.05) is 20.2 Å². The first-order valence-corrected chi connectivity index (χ1v) is 19.6. The topological polar surface area (TPSA) is 139 Å². The minimum Gasteiger partial charge on any atom is -0.481 e. The number of rotatable bonds is 13. The van der Waals surface area contributed by atoms with E-state index in [1.165, 1.54) is 11.1 Å². The van der Waals surface area contributed by atoms with E-state index >= 15 is 0 Å². The minimum absolute atomic E-state index is 0.0691. The summed E-state index contributed by atoms with van der Waals surface area (Å²) in [4.78, 5) is 45.9. The van der Waals surface area contributed by atoms with Crippen LogP contribution in [0.5, 0.6) is 5.88 Å². The zero-order valence-corrected chi connectivity index (χ0v) is 32.1. The second-order valence-electron chi connectivity index (χ2n) is 14.7. The van der Waals surface area contributed by atoms with E-state index in [2.05, 4.69) is 50.5 Å². The molecule has 2 aliphatic heterocycles. The molecule has 0 spiro atoms. The molecule has 284 valence electrons. The van der Waals surface area contributed by atoms with Crippen molar-refractivity contribution >= 4 is 40.7 Å². The number of hydrogen-bond donors (Lipinski definition) is 4. The van der Waals surface area contributed by atoms with Crippen LogP contribution in [0.25, 0.3) is 27.9 Å². The van der Waals surface area contributed by atoms with E-state index in [1.54, 1.807) is 23.9 Å². The van der Waals surface area contributed by atoms with Crippen LogP contribution in [-0.2, 0) is 35.5 Å². The van der Waals surface area contributed by atoms with Crippen molar-refractivity contribution in [2.45, 2.75) is 76.0 Å². The molecule has 2 saturated heterocycles. The molecule has 0 radical (unpaired) electrons. The fraction of sp³-hybridized carbons (Fsp3) is 0.357. The molecule has 2 amide bonds. The zero-order valence-electron chi connectivity index (χ0n) is 30.6. The predicted molar refractivity (Wildman–Crippen MR) is 214 cm³/mol. The summed E-state index contributed by atoms with van der Waals surface area (Å²) in [7, 11) is 1.63. The van der Waals surface area contributed by atoms with E-state index < -0.39 is 0 Å². The Bertz CT molecular complexity index is 2350. The van der Waals surface area contributed by atoms with E-state index in [4.69, 9.17) is 32.9 Å². The molecule has 3 aromatic heterocycles. The fourth-order valence-corrected chi connectivity index (χ4v) is 8.81. The van der Waals surface area contributed by atoms with Crippen molar-refractivity contribution in [3.63, 3.8) is 0 Å². The number of carbonyl (C=O) groups is 2. The van der Waals surface area contributed by atoms with Gasteiger partial charge < -0.3 is 26.0 Å². The molecule has 0 saturated carbocycles. The van der Waals surface area contributed by atoms with Crippen LogP contribution in [-0.4, -0.2) is 58.5 Å². The second kappa shape index (κ2) is 16.1. The van der Waals surface area contributed by atoms with Gasteiger partial charge in [0.25, 0.3) is 5.56 Å². The van der Waals surface area contributed by atoms with Crippen LogP contribution in [0.15, 0.2) is 71.8 Å². The maximum atomic E-state index is 13.3. The Balaban J connectivity index is 0.985. The van der Waals surface area contributed by atoms with Gasteiger partial charge in [0.05, 0.1) is 22.8 Å². The molecule has 13 heteroatoms. The number of benzene rings is 2. The molecule has 2 aromatic carbocycles. The summed E-state index contributed by atoms with van der Waals surface area (Å²) >= 11 is 14.1. The van der Waals surface area contributed by atoms with Gasteiger partial charge in [0, 0.05) is 85.8 Å². The number of halogens is 2. The van der Waals surface area contributed by atoms with Gasteiger partial charge in [-0.2, -0.15) is 0 Å². The third-order valence-corrected chi connectivity index (χ3v) is 11.8. The molecule has 5 aromatic rings. The third kappa shape index (κ3) is 7.84. The number of fused-ring (bicyclic) bond motifs is 2. The van der Waals surface area contributed by atoms with Crippen LogP contribution in [0, 0.1) is 0 Å². The van der Waals surface area contributed by atoms with Gasteiger partial charge in [0.15, 0.2) is 0 Å². The second-order valence-corrected chi connectivity index (χ2v) is 15.5. The molecule has 55 heavy (non-hydrogen) atoms. The van der Waals surface area contributed by atoms with Crippen LogP contribution in [0.4, 0.5) is 0 Å². The first kappa shape index (κ1) is 37.1. The quantitative estimate of drug-likeness (QED) is 0.119. The van der Waals surface area contributed by atoms with Crippen molar-refractivity contribution in [2.24, 2.45) is 0 Å². The highest BCUT2D eigenvalue weighted by Crippen LogP contribution is 2.44. The Morgan fingerprint density at radius 2 is 1.53 bits per heavy atom. The molecule has 1 aliphatic carbocycles. The van der Waals surface area contributed by atoms with E-state index in [-0.39, 0.29) is 35.4 Å². The lowest BCUT2D eigenvalue weighted by Gasteiger charge is -2.17. The molecule has 4 N–H and O–H groups in total. The summed E-state index contributed by atoms with van der Waals surface area (Å²) in [5.41, 5.74) is 8.97. The van der Waals surface area contributed by atoms with Gasteiger partial charge in [-0.1, -0.05) is 59.6 Å². The third-order valence-electron chi connectivity index (χ3n) is 11.1. The van der Waals surface area contributed by atoms with Gasteiger partial charge in [0.1, 0.15) is 5.65 Å². The molecule has 5 heterocycles. The number of nitrogens with zero attached hydrogens (tertiary/aromatic N) is 3. The lowest BCUT2D eigenvalue weighted by Crippen LogP contribution is -2.36. The number of methoxy groups -OCH3 is 1. The van der Waals surface area contributed by atoms with E-state index in [0.717, 1.165) is 59.2 Å². The Hall–Kier alpha value is -4.81. The Morgan fingerprint density at radius 1 is 0.836 bits per heavy atom. The summed E-state index contributed by atoms with van der Waals surface area (Å²) in [5, 5.41) is 13.9. The largest absolute Gasteiger partial charge is 0.481 e. The lowest BCUT2D eigenvalue weighted by atomic mass is 9.91. The normalized spacial score (nSPS) is 19.1. The molecule has 0 bridgehead atoms. The van der Waals surface area contributed by atoms with E-state index in [0.29, 0.717) is 72.6 Å². The summed E-state index contributed by atoms with van der Waals surface area (Å²) in [6, 6.07) is 18.5. The number of hydrogen-bond acceptors (Lipinski definition) is 8.